The Labute approximate surface area is 117 Å². The number of nitrogens with one attached hydrogen (secondary N) is 1. The molecule has 0 saturated carbocycles. The number of piperidine rings is 1. The maximum atomic E-state index is 11.9. The fraction of sp³-hybridized carbons (Fsp3) is 0.933. The molecule has 0 aromatic rings. The van der Waals surface area contributed by atoms with Gasteiger partial charge in [-0.05, 0) is 45.1 Å². The van der Waals surface area contributed by atoms with Crippen molar-refractivity contribution >= 4 is 5.91 Å². The highest BCUT2D eigenvalue weighted by Gasteiger charge is 2.38. The van der Waals surface area contributed by atoms with Crippen LogP contribution in [0.2, 0.25) is 0 Å². The van der Waals surface area contributed by atoms with Gasteiger partial charge >= 0.3 is 0 Å². The van der Waals surface area contributed by atoms with Crippen molar-refractivity contribution in [3.8, 4) is 0 Å². The molecule has 3 unspecified atom stereocenters. The maximum absolute atomic E-state index is 11.9. The molecule has 2 fully saturated rings. The lowest BCUT2D eigenvalue weighted by Gasteiger charge is -2.36. The van der Waals surface area contributed by atoms with Crippen molar-refractivity contribution in [2.75, 3.05) is 13.6 Å². The second-order valence-electron chi connectivity index (χ2n) is 6.38. The van der Waals surface area contributed by atoms with Gasteiger partial charge in [-0.2, -0.15) is 0 Å². The van der Waals surface area contributed by atoms with Gasteiger partial charge in [-0.15, -0.1) is 0 Å². The molecule has 2 heterocycles. The third-order valence-corrected chi connectivity index (χ3v) is 4.97. The van der Waals surface area contributed by atoms with E-state index in [0.29, 0.717) is 5.92 Å². The van der Waals surface area contributed by atoms with Crippen LogP contribution >= 0.6 is 0 Å². The molecule has 2 rings (SSSR count). The van der Waals surface area contributed by atoms with Crippen molar-refractivity contribution in [1.29, 1.82) is 0 Å². The van der Waals surface area contributed by atoms with Crippen LogP contribution in [0, 0.1) is 5.92 Å². The van der Waals surface area contributed by atoms with Gasteiger partial charge in [0.15, 0.2) is 0 Å². The minimum Gasteiger partial charge on any atom is -0.354 e. The van der Waals surface area contributed by atoms with E-state index in [9.17, 15) is 4.79 Å². The highest BCUT2D eigenvalue weighted by Crippen LogP contribution is 2.36. The average molecular weight is 267 g/mol. The first kappa shape index (κ1) is 14.8. The van der Waals surface area contributed by atoms with Crippen molar-refractivity contribution in [2.24, 2.45) is 11.7 Å². The zero-order valence-electron chi connectivity index (χ0n) is 12.4. The first-order valence-electron chi connectivity index (χ1n) is 7.87. The number of hydrogen-bond donors (Lipinski definition) is 2. The second kappa shape index (κ2) is 6.71. The minimum atomic E-state index is -0.317. The first-order chi connectivity index (χ1) is 9.11. The van der Waals surface area contributed by atoms with Gasteiger partial charge < -0.3 is 16.0 Å². The summed E-state index contributed by atoms with van der Waals surface area (Å²) in [5.41, 5.74) is 5.89. The summed E-state index contributed by atoms with van der Waals surface area (Å²) in [6.07, 6.45) is 8.07. The van der Waals surface area contributed by atoms with Crippen molar-refractivity contribution in [1.82, 2.24) is 10.2 Å². The minimum absolute atomic E-state index is 0.0414. The summed E-state index contributed by atoms with van der Waals surface area (Å²) in [6, 6.07) is 1.17. The van der Waals surface area contributed by atoms with E-state index in [1.165, 1.54) is 25.7 Å². The van der Waals surface area contributed by atoms with Crippen LogP contribution in [-0.2, 0) is 4.79 Å². The molecule has 2 aliphatic heterocycles. The fourth-order valence-corrected chi connectivity index (χ4v) is 3.62. The number of unbranched alkanes of at least 4 members (excludes halogenated alkanes) is 1. The van der Waals surface area contributed by atoms with Crippen molar-refractivity contribution < 1.29 is 4.79 Å². The highest BCUT2D eigenvalue weighted by molar-refractivity contribution is 5.81. The zero-order chi connectivity index (χ0) is 13.8. The Morgan fingerprint density at radius 1 is 1.37 bits per heavy atom. The van der Waals surface area contributed by atoms with E-state index in [2.05, 4.69) is 24.2 Å². The number of carbonyl (C=O) groups is 1. The Balaban J connectivity index is 1.70. The molecule has 19 heavy (non-hydrogen) atoms. The molecule has 1 amide bonds. The second-order valence-corrected chi connectivity index (χ2v) is 6.38. The van der Waals surface area contributed by atoms with Gasteiger partial charge in [-0.3, -0.25) is 4.79 Å². The topological polar surface area (TPSA) is 58.4 Å². The summed E-state index contributed by atoms with van der Waals surface area (Å²) in [7, 11) is 2.25. The normalized spacial score (nSPS) is 32.3. The van der Waals surface area contributed by atoms with Gasteiger partial charge in [0.25, 0.3) is 0 Å². The number of fused-ring (bicyclic) bond motifs is 2. The molecule has 110 valence electrons. The Morgan fingerprint density at radius 3 is 2.58 bits per heavy atom. The molecule has 0 spiro atoms. The SMILES string of the molecule is CCCCC(N)C(=O)NCC1CC2CCC(C1)N2C. The summed E-state index contributed by atoms with van der Waals surface area (Å²) in [6.45, 7) is 2.94. The summed E-state index contributed by atoms with van der Waals surface area (Å²) >= 11 is 0. The number of amides is 1. The van der Waals surface area contributed by atoms with E-state index in [1.54, 1.807) is 0 Å². The zero-order valence-corrected chi connectivity index (χ0v) is 12.4. The van der Waals surface area contributed by atoms with E-state index in [1.807, 2.05) is 0 Å². The van der Waals surface area contributed by atoms with Crippen molar-refractivity contribution in [3.05, 3.63) is 0 Å². The van der Waals surface area contributed by atoms with Crippen LogP contribution in [0.15, 0.2) is 0 Å². The summed E-state index contributed by atoms with van der Waals surface area (Å²) in [4.78, 5) is 14.4. The maximum Gasteiger partial charge on any atom is 0.236 e. The van der Waals surface area contributed by atoms with Crippen LogP contribution in [0.3, 0.4) is 0 Å². The van der Waals surface area contributed by atoms with Gasteiger partial charge in [0.1, 0.15) is 0 Å². The Bertz CT molecular complexity index is 294. The van der Waals surface area contributed by atoms with E-state index < -0.39 is 0 Å². The molecule has 3 N–H and O–H groups in total. The smallest absolute Gasteiger partial charge is 0.236 e. The van der Waals surface area contributed by atoms with E-state index in [0.717, 1.165) is 37.9 Å². The van der Waals surface area contributed by atoms with Crippen molar-refractivity contribution in [2.45, 2.75) is 70.0 Å². The number of carbonyl (C=O) groups excluding carboxylic acids is 1. The van der Waals surface area contributed by atoms with Crippen LogP contribution in [0.1, 0.15) is 51.9 Å². The largest absolute Gasteiger partial charge is 0.354 e. The standard InChI is InChI=1S/C15H29N3O/c1-3-4-5-14(16)15(19)17-10-11-8-12-6-7-13(9-11)18(12)2/h11-14H,3-10,16H2,1-2H3,(H,17,19). The molecule has 2 saturated heterocycles. The molecule has 0 radical (unpaired) electrons. The van der Waals surface area contributed by atoms with Gasteiger partial charge in [-0.25, -0.2) is 0 Å². The summed E-state index contributed by atoms with van der Waals surface area (Å²) in [5, 5.41) is 3.06. The Kier molecular flexibility index (Phi) is 5.22. The number of rotatable bonds is 6. The molecule has 0 aromatic heterocycles. The first-order valence-corrected chi connectivity index (χ1v) is 7.87. The number of nitrogens with two attached hydrogens (primary N) is 1. The molecule has 4 heteroatoms. The van der Waals surface area contributed by atoms with Crippen LogP contribution < -0.4 is 11.1 Å². The predicted octanol–water partition coefficient (Wildman–Crippen LogP) is 1.49. The lowest BCUT2D eigenvalue weighted by Crippen LogP contribution is -2.46. The Morgan fingerprint density at radius 2 is 2.00 bits per heavy atom. The predicted molar refractivity (Wildman–Crippen MR) is 77.8 cm³/mol. The van der Waals surface area contributed by atoms with Crippen LogP contribution in [0.5, 0.6) is 0 Å². The van der Waals surface area contributed by atoms with E-state index >= 15 is 0 Å². The quantitative estimate of drug-likeness (QED) is 0.766. The molecule has 0 aliphatic carbocycles. The highest BCUT2D eigenvalue weighted by atomic mass is 16.2. The van der Waals surface area contributed by atoms with Gasteiger partial charge in [0.2, 0.25) is 5.91 Å². The number of hydrogen-bond acceptors (Lipinski definition) is 3. The molecular formula is C15H29N3O. The lowest BCUT2D eigenvalue weighted by atomic mass is 9.91. The van der Waals surface area contributed by atoms with E-state index in [-0.39, 0.29) is 11.9 Å². The van der Waals surface area contributed by atoms with Crippen LogP contribution in [-0.4, -0.2) is 42.5 Å². The monoisotopic (exact) mass is 267 g/mol. The average Bonchev–Trinajstić information content (AvgIpc) is 2.65. The molecule has 0 aromatic carbocycles. The fourth-order valence-electron chi connectivity index (χ4n) is 3.62. The third-order valence-electron chi connectivity index (χ3n) is 4.97. The summed E-state index contributed by atoms with van der Waals surface area (Å²) in [5.74, 6) is 0.691. The molecule has 2 aliphatic rings. The van der Waals surface area contributed by atoms with Crippen molar-refractivity contribution in [3.63, 3.8) is 0 Å². The molecule has 4 nitrogen and oxygen atoms in total. The molecular weight excluding hydrogens is 238 g/mol. The molecule has 3 atom stereocenters. The van der Waals surface area contributed by atoms with Gasteiger partial charge in [0, 0.05) is 18.6 Å². The third kappa shape index (κ3) is 3.69. The van der Waals surface area contributed by atoms with E-state index in [4.69, 9.17) is 5.73 Å². The van der Waals surface area contributed by atoms with Gasteiger partial charge in [-0.1, -0.05) is 19.8 Å². The number of nitrogens with zero attached hydrogens (tertiary/aromatic N) is 1. The van der Waals surface area contributed by atoms with Crippen LogP contribution in [0.4, 0.5) is 0 Å². The molecule has 2 bridgehead atoms. The summed E-state index contributed by atoms with van der Waals surface area (Å²) < 4.78 is 0. The van der Waals surface area contributed by atoms with Gasteiger partial charge in [0.05, 0.1) is 6.04 Å². The lowest BCUT2D eigenvalue weighted by molar-refractivity contribution is -0.122. The van der Waals surface area contributed by atoms with Crippen LogP contribution in [0.25, 0.3) is 0 Å². The Hall–Kier alpha value is -0.610.